The molecule has 0 bridgehead atoms. The van der Waals surface area contributed by atoms with Gasteiger partial charge >= 0.3 is 0 Å². The summed E-state index contributed by atoms with van der Waals surface area (Å²) in [5.41, 5.74) is 3.89. The van der Waals surface area contributed by atoms with Gasteiger partial charge < -0.3 is 9.15 Å². The van der Waals surface area contributed by atoms with Gasteiger partial charge in [-0.1, -0.05) is 41.1 Å². The van der Waals surface area contributed by atoms with E-state index in [4.69, 9.17) is 20.8 Å². The molecule has 0 aliphatic carbocycles. The van der Waals surface area contributed by atoms with Crippen molar-refractivity contribution in [1.82, 2.24) is 25.0 Å². The molecule has 0 N–H and O–H groups in total. The summed E-state index contributed by atoms with van der Waals surface area (Å²) >= 11 is 7.56. The van der Waals surface area contributed by atoms with Gasteiger partial charge in [0, 0.05) is 21.8 Å². The fourth-order valence-corrected chi connectivity index (χ4v) is 4.28. The Bertz CT molecular complexity index is 1400. The minimum atomic E-state index is 0.452. The topological polar surface area (TPSA) is 78.9 Å². The summed E-state index contributed by atoms with van der Waals surface area (Å²) in [4.78, 5) is 0. The number of benzene rings is 3. The summed E-state index contributed by atoms with van der Waals surface area (Å²) in [6.07, 6.45) is 0. The maximum absolute atomic E-state index is 6.08. The van der Waals surface area contributed by atoms with E-state index in [1.807, 2.05) is 53.1 Å². The Labute approximate surface area is 205 Å². The number of rotatable bonds is 7. The number of ether oxygens (including phenoxy) is 1. The number of nitrogens with zero attached hydrogens (tertiary/aromatic N) is 5. The van der Waals surface area contributed by atoms with E-state index in [-0.39, 0.29) is 0 Å². The zero-order valence-electron chi connectivity index (χ0n) is 18.5. The lowest BCUT2D eigenvalue weighted by molar-refractivity contribution is 0.415. The van der Waals surface area contributed by atoms with Crippen LogP contribution in [0.15, 0.2) is 82.4 Å². The van der Waals surface area contributed by atoms with Crippen molar-refractivity contribution in [2.45, 2.75) is 17.8 Å². The van der Waals surface area contributed by atoms with Gasteiger partial charge in [-0.25, -0.2) is 0 Å². The van der Waals surface area contributed by atoms with Gasteiger partial charge in [-0.3, -0.25) is 4.57 Å². The highest BCUT2D eigenvalue weighted by Crippen LogP contribution is 2.31. The van der Waals surface area contributed by atoms with Crippen LogP contribution in [0, 0.1) is 6.92 Å². The predicted octanol–water partition coefficient (Wildman–Crippen LogP) is 6.25. The van der Waals surface area contributed by atoms with Crippen molar-refractivity contribution in [3.05, 3.63) is 89.3 Å². The molecule has 2 heterocycles. The van der Waals surface area contributed by atoms with Crippen molar-refractivity contribution < 1.29 is 9.15 Å². The Kier molecular flexibility index (Phi) is 6.33. The zero-order chi connectivity index (χ0) is 23.5. The second kappa shape index (κ2) is 9.70. The molecule has 0 spiro atoms. The second-order valence-corrected chi connectivity index (χ2v) is 8.88. The molecule has 0 aliphatic rings. The molecule has 0 amide bonds. The summed E-state index contributed by atoms with van der Waals surface area (Å²) in [5, 5.41) is 18.7. The summed E-state index contributed by atoms with van der Waals surface area (Å²) < 4.78 is 13.1. The zero-order valence-corrected chi connectivity index (χ0v) is 20.0. The minimum Gasteiger partial charge on any atom is -0.497 e. The molecule has 7 nitrogen and oxygen atoms in total. The van der Waals surface area contributed by atoms with E-state index in [1.165, 1.54) is 17.3 Å². The highest BCUT2D eigenvalue weighted by atomic mass is 35.5. The Morgan fingerprint density at radius 3 is 2.26 bits per heavy atom. The lowest BCUT2D eigenvalue weighted by atomic mass is 10.2. The number of hydrogen-bond acceptors (Lipinski definition) is 7. The van der Waals surface area contributed by atoms with Crippen molar-refractivity contribution in [2.24, 2.45) is 0 Å². The standard InChI is InChI=1S/C25H20ClN5O2S/c1-16-3-11-20(12-4-16)31-23(17-5-9-19(26)10-6-17)28-30-25(31)34-15-22-27-29-24(33-22)18-7-13-21(32-2)14-8-18/h3-14H,15H2,1-2H3. The van der Waals surface area contributed by atoms with Crippen LogP contribution in [0.1, 0.15) is 11.5 Å². The lowest BCUT2D eigenvalue weighted by Crippen LogP contribution is -2.00. The summed E-state index contributed by atoms with van der Waals surface area (Å²) in [7, 11) is 1.63. The highest BCUT2D eigenvalue weighted by Gasteiger charge is 2.18. The van der Waals surface area contributed by atoms with Crippen LogP contribution < -0.4 is 4.74 Å². The molecule has 34 heavy (non-hydrogen) atoms. The van der Waals surface area contributed by atoms with Crippen LogP contribution in [0.25, 0.3) is 28.5 Å². The Morgan fingerprint density at radius 1 is 0.853 bits per heavy atom. The molecule has 9 heteroatoms. The third kappa shape index (κ3) is 4.69. The van der Waals surface area contributed by atoms with Crippen LogP contribution in [-0.4, -0.2) is 32.1 Å². The average Bonchev–Trinajstić information content (AvgIpc) is 3.51. The van der Waals surface area contributed by atoms with E-state index in [0.29, 0.717) is 22.6 Å². The van der Waals surface area contributed by atoms with Gasteiger partial charge in [-0.15, -0.1) is 20.4 Å². The third-order valence-electron chi connectivity index (χ3n) is 5.16. The molecule has 5 rings (SSSR count). The first-order valence-electron chi connectivity index (χ1n) is 10.5. The molecule has 170 valence electrons. The van der Waals surface area contributed by atoms with Crippen LogP contribution in [0.5, 0.6) is 5.75 Å². The molecule has 0 fully saturated rings. The highest BCUT2D eigenvalue weighted by molar-refractivity contribution is 7.98. The summed E-state index contributed by atoms with van der Waals surface area (Å²) in [5.74, 6) is 2.91. The van der Waals surface area contributed by atoms with Crippen molar-refractivity contribution in [3.8, 4) is 34.3 Å². The number of hydrogen-bond donors (Lipinski definition) is 0. The third-order valence-corrected chi connectivity index (χ3v) is 6.32. The van der Waals surface area contributed by atoms with Crippen molar-refractivity contribution >= 4 is 23.4 Å². The van der Waals surface area contributed by atoms with Crippen LogP contribution in [0.2, 0.25) is 5.02 Å². The number of aryl methyl sites for hydroxylation is 1. The average molecular weight is 490 g/mol. The number of methoxy groups -OCH3 is 1. The van der Waals surface area contributed by atoms with Gasteiger partial charge in [0.2, 0.25) is 11.8 Å². The van der Waals surface area contributed by atoms with Crippen molar-refractivity contribution in [2.75, 3.05) is 7.11 Å². The largest absolute Gasteiger partial charge is 0.497 e. The summed E-state index contributed by atoms with van der Waals surface area (Å²) in [6, 6.07) is 23.3. The first kappa shape index (κ1) is 22.2. The van der Waals surface area contributed by atoms with E-state index < -0.39 is 0 Å². The normalized spacial score (nSPS) is 11.0. The number of aromatic nitrogens is 5. The maximum atomic E-state index is 6.08. The van der Waals surface area contributed by atoms with E-state index in [9.17, 15) is 0 Å². The molecule has 0 aliphatic heterocycles. The molecule has 0 saturated carbocycles. The summed E-state index contributed by atoms with van der Waals surface area (Å²) in [6.45, 7) is 2.06. The lowest BCUT2D eigenvalue weighted by Gasteiger charge is -2.10. The molecular weight excluding hydrogens is 470 g/mol. The molecular formula is C25H20ClN5O2S. The fourth-order valence-electron chi connectivity index (χ4n) is 3.36. The molecule has 3 aromatic carbocycles. The first-order valence-corrected chi connectivity index (χ1v) is 11.8. The second-order valence-electron chi connectivity index (χ2n) is 7.50. The van der Waals surface area contributed by atoms with Gasteiger partial charge in [0.15, 0.2) is 11.0 Å². The van der Waals surface area contributed by atoms with E-state index in [1.54, 1.807) is 7.11 Å². The Hall–Kier alpha value is -3.62. The minimum absolute atomic E-state index is 0.452. The van der Waals surface area contributed by atoms with Gasteiger partial charge in [-0.2, -0.15) is 0 Å². The Balaban J connectivity index is 1.42. The molecule has 5 aromatic rings. The van der Waals surface area contributed by atoms with Crippen LogP contribution in [-0.2, 0) is 5.75 Å². The van der Waals surface area contributed by atoms with E-state index in [0.717, 1.165) is 33.5 Å². The first-order chi connectivity index (χ1) is 16.6. The molecule has 0 unspecified atom stereocenters. The van der Waals surface area contributed by atoms with E-state index >= 15 is 0 Å². The van der Waals surface area contributed by atoms with Gasteiger partial charge in [0.25, 0.3) is 0 Å². The maximum Gasteiger partial charge on any atom is 0.247 e. The smallest absolute Gasteiger partial charge is 0.247 e. The predicted molar refractivity (Wildman–Crippen MR) is 132 cm³/mol. The van der Waals surface area contributed by atoms with Crippen LogP contribution in [0.4, 0.5) is 0 Å². The van der Waals surface area contributed by atoms with Gasteiger partial charge in [0.1, 0.15) is 5.75 Å². The van der Waals surface area contributed by atoms with Gasteiger partial charge in [-0.05, 0) is 67.6 Å². The molecule has 0 radical (unpaired) electrons. The fraction of sp³-hybridized carbons (Fsp3) is 0.120. The molecule has 0 atom stereocenters. The van der Waals surface area contributed by atoms with Gasteiger partial charge in [0.05, 0.1) is 12.9 Å². The monoisotopic (exact) mass is 489 g/mol. The molecule has 2 aromatic heterocycles. The SMILES string of the molecule is COc1ccc(-c2nnc(CSc3nnc(-c4ccc(Cl)cc4)n3-c3ccc(C)cc3)o2)cc1. The molecule has 0 saturated heterocycles. The van der Waals surface area contributed by atoms with Crippen LogP contribution in [0.3, 0.4) is 0 Å². The number of halogens is 1. The van der Waals surface area contributed by atoms with E-state index in [2.05, 4.69) is 51.6 Å². The van der Waals surface area contributed by atoms with Crippen molar-refractivity contribution in [1.29, 1.82) is 0 Å². The van der Waals surface area contributed by atoms with Crippen LogP contribution >= 0.6 is 23.4 Å². The number of thioether (sulfide) groups is 1. The quantitative estimate of drug-likeness (QED) is 0.250. The Morgan fingerprint density at radius 2 is 1.56 bits per heavy atom. The van der Waals surface area contributed by atoms with Crippen molar-refractivity contribution in [3.63, 3.8) is 0 Å².